The fourth-order valence-electron chi connectivity index (χ4n) is 1.70. The Morgan fingerprint density at radius 3 is 2.54 bits per heavy atom. The van der Waals surface area contributed by atoms with Crippen LogP contribution in [0.5, 0.6) is 0 Å². The van der Waals surface area contributed by atoms with Crippen LogP contribution in [0.15, 0.2) is 48.2 Å². The van der Waals surface area contributed by atoms with Crippen LogP contribution in [-0.2, 0) is 4.79 Å². The molecule has 0 radical (unpaired) electrons. The minimum absolute atomic E-state index is 0.154. The van der Waals surface area contributed by atoms with E-state index in [0.29, 0.717) is 32.1 Å². The van der Waals surface area contributed by atoms with E-state index in [2.05, 4.69) is 10.6 Å². The van der Waals surface area contributed by atoms with Crippen molar-refractivity contribution in [2.45, 2.75) is 0 Å². The first-order valence-corrected chi connectivity index (χ1v) is 7.72. The van der Waals surface area contributed by atoms with Gasteiger partial charge in [0.2, 0.25) is 0 Å². The number of nitrogens with zero attached hydrogens (tertiary/aromatic N) is 1. The second-order valence-corrected chi connectivity index (χ2v) is 5.88. The number of nitrogens with two attached hydrogens (primary N) is 1. The van der Waals surface area contributed by atoms with Crippen LogP contribution in [0.3, 0.4) is 0 Å². The van der Waals surface area contributed by atoms with E-state index in [-0.39, 0.29) is 5.57 Å². The van der Waals surface area contributed by atoms with Crippen LogP contribution in [0.4, 0.5) is 17.1 Å². The van der Waals surface area contributed by atoms with Gasteiger partial charge < -0.3 is 16.4 Å². The van der Waals surface area contributed by atoms with Crippen LogP contribution in [0.25, 0.3) is 0 Å². The number of carbonyl (C=O) groups excluding carboxylic acids is 1. The Bertz CT molecular complexity index is 859. The van der Waals surface area contributed by atoms with Gasteiger partial charge in [0.15, 0.2) is 0 Å². The second kappa shape index (κ2) is 7.93. The molecule has 5 nitrogen and oxygen atoms in total. The van der Waals surface area contributed by atoms with Crippen molar-refractivity contribution < 1.29 is 4.79 Å². The van der Waals surface area contributed by atoms with Gasteiger partial charge in [-0.15, -0.1) is 0 Å². The average Bonchev–Trinajstić information content (AvgIpc) is 2.55. The number of nitrogen functional groups attached to an aromatic ring is 1. The molecule has 0 spiro atoms. The lowest BCUT2D eigenvalue weighted by atomic mass is 10.2. The minimum atomic E-state index is -0.629. The maximum Gasteiger partial charge on any atom is 0.267 e. The van der Waals surface area contributed by atoms with E-state index in [0.717, 1.165) is 0 Å². The average molecular weight is 382 g/mol. The number of hydrogen-bond donors (Lipinski definition) is 3. The molecule has 0 aromatic heterocycles. The molecule has 24 heavy (non-hydrogen) atoms. The largest absolute Gasteiger partial charge is 0.398 e. The number of nitrogens with one attached hydrogen (secondary N) is 2. The minimum Gasteiger partial charge on any atom is -0.398 e. The van der Waals surface area contributed by atoms with Crippen molar-refractivity contribution in [3.8, 4) is 6.07 Å². The van der Waals surface area contributed by atoms with Crippen molar-refractivity contribution in [1.29, 1.82) is 5.26 Å². The molecule has 0 aliphatic rings. The first-order chi connectivity index (χ1) is 11.4. The molecular formula is C16H11Cl3N4O. The summed E-state index contributed by atoms with van der Waals surface area (Å²) < 4.78 is 0. The van der Waals surface area contributed by atoms with E-state index in [1.807, 2.05) is 0 Å². The molecule has 2 aromatic rings. The summed E-state index contributed by atoms with van der Waals surface area (Å²) in [5.41, 5.74) is 6.78. The summed E-state index contributed by atoms with van der Waals surface area (Å²) in [6, 6.07) is 11.3. The summed E-state index contributed by atoms with van der Waals surface area (Å²) >= 11 is 17.7. The Balaban J connectivity index is 2.15. The van der Waals surface area contributed by atoms with Gasteiger partial charge in [0, 0.05) is 16.9 Å². The summed E-state index contributed by atoms with van der Waals surface area (Å²) in [4.78, 5) is 12.2. The van der Waals surface area contributed by atoms with Crippen LogP contribution in [0.2, 0.25) is 15.1 Å². The Morgan fingerprint density at radius 2 is 1.88 bits per heavy atom. The fourth-order valence-corrected chi connectivity index (χ4v) is 2.22. The van der Waals surface area contributed by atoms with Crippen LogP contribution in [0.1, 0.15) is 0 Å². The summed E-state index contributed by atoms with van der Waals surface area (Å²) in [6.07, 6.45) is 1.26. The first-order valence-electron chi connectivity index (χ1n) is 6.59. The standard InChI is InChI=1S/C16H11Cl3N4O/c17-10-1-3-12(18)15(5-10)23-16(24)9(7-20)8-22-11-2-4-14(21)13(19)6-11/h1-6,8,22H,21H2,(H,23,24)/b9-8-. The predicted octanol–water partition coefficient (Wildman–Crippen LogP) is 4.69. The molecule has 0 saturated heterocycles. The van der Waals surface area contributed by atoms with Crippen molar-refractivity contribution >= 4 is 57.8 Å². The monoisotopic (exact) mass is 380 g/mol. The van der Waals surface area contributed by atoms with Crippen LogP contribution in [-0.4, -0.2) is 5.91 Å². The number of hydrogen-bond acceptors (Lipinski definition) is 4. The third-order valence-electron chi connectivity index (χ3n) is 2.93. The lowest BCUT2D eigenvalue weighted by Crippen LogP contribution is -2.14. The zero-order valence-electron chi connectivity index (χ0n) is 12.1. The molecule has 122 valence electrons. The highest BCUT2D eigenvalue weighted by Crippen LogP contribution is 2.26. The van der Waals surface area contributed by atoms with Crippen molar-refractivity contribution in [1.82, 2.24) is 0 Å². The number of anilines is 3. The molecule has 0 fully saturated rings. The van der Waals surface area contributed by atoms with Gasteiger partial charge in [-0.25, -0.2) is 0 Å². The van der Waals surface area contributed by atoms with E-state index in [1.54, 1.807) is 36.4 Å². The molecule has 0 aliphatic carbocycles. The van der Waals surface area contributed by atoms with Gasteiger partial charge in [-0.1, -0.05) is 34.8 Å². The molecule has 2 aromatic carbocycles. The summed E-state index contributed by atoms with van der Waals surface area (Å²) in [5, 5.41) is 15.6. The van der Waals surface area contributed by atoms with E-state index < -0.39 is 5.91 Å². The molecule has 8 heteroatoms. The lowest BCUT2D eigenvalue weighted by Gasteiger charge is -2.08. The maximum atomic E-state index is 12.2. The van der Waals surface area contributed by atoms with Gasteiger partial charge in [-0.3, -0.25) is 4.79 Å². The van der Waals surface area contributed by atoms with E-state index in [9.17, 15) is 4.79 Å². The number of halogens is 3. The van der Waals surface area contributed by atoms with Gasteiger partial charge >= 0.3 is 0 Å². The number of nitriles is 1. The van der Waals surface area contributed by atoms with Gasteiger partial charge in [0.25, 0.3) is 5.91 Å². The number of benzene rings is 2. The highest BCUT2D eigenvalue weighted by atomic mass is 35.5. The highest BCUT2D eigenvalue weighted by Gasteiger charge is 2.12. The molecule has 0 atom stereocenters. The first kappa shape index (κ1) is 18.0. The molecular weight excluding hydrogens is 371 g/mol. The normalized spacial score (nSPS) is 10.8. The maximum absolute atomic E-state index is 12.2. The molecule has 0 unspecified atom stereocenters. The van der Waals surface area contributed by atoms with Crippen molar-refractivity contribution in [2.24, 2.45) is 0 Å². The second-order valence-electron chi connectivity index (χ2n) is 4.63. The lowest BCUT2D eigenvalue weighted by molar-refractivity contribution is -0.112. The Kier molecular flexibility index (Phi) is 5.93. The van der Waals surface area contributed by atoms with Crippen LogP contribution in [0, 0.1) is 11.3 Å². The van der Waals surface area contributed by atoms with Crippen molar-refractivity contribution in [3.05, 3.63) is 63.2 Å². The fraction of sp³-hybridized carbons (Fsp3) is 0. The molecule has 0 saturated carbocycles. The van der Waals surface area contributed by atoms with Crippen LogP contribution >= 0.6 is 34.8 Å². The number of amides is 1. The van der Waals surface area contributed by atoms with E-state index in [4.69, 9.17) is 45.8 Å². The summed E-state index contributed by atoms with van der Waals surface area (Å²) in [5.74, 6) is -0.629. The van der Waals surface area contributed by atoms with Gasteiger partial charge in [0.05, 0.1) is 21.4 Å². The zero-order valence-corrected chi connectivity index (χ0v) is 14.4. The van der Waals surface area contributed by atoms with Gasteiger partial charge in [0.1, 0.15) is 11.6 Å². The van der Waals surface area contributed by atoms with Crippen molar-refractivity contribution in [2.75, 3.05) is 16.4 Å². The number of carbonyl (C=O) groups is 1. The molecule has 4 N–H and O–H groups in total. The predicted molar refractivity (Wildman–Crippen MR) is 98.3 cm³/mol. The summed E-state index contributed by atoms with van der Waals surface area (Å²) in [7, 11) is 0. The van der Waals surface area contributed by atoms with Gasteiger partial charge in [-0.05, 0) is 36.4 Å². The van der Waals surface area contributed by atoms with Gasteiger partial charge in [-0.2, -0.15) is 5.26 Å². The number of rotatable bonds is 4. The smallest absolute Gasteiger partial charge is 0.267 e. The molecule has 2 rings (SSSR count). The Labute approximate surface area is 153 Å². The SMILES string of the molecule is N#C/C(=C/Nc1ccc(N)c(Cl)c1)C(=O)Nc1cc(Cl)ccc1Cl. The molecule has 0 heterocycles. The van der Waals surface area contributed by atoms with E-state index in [1.165, 1.54) is 12.3 Å². The van der Waals surface area contributed by atoms with E-state index >= 15 is 0 Å². The quantitative estimate of drug-likeness (QED) is 0.407. The zero-order chi connectivity index (χ0) is 17.7. The Morgan fingerprint density at radius 1 is 1.12 bits per heavy atom. The van der Waals surface area contributed by atoms with Crippen LogP contribution < -0.4 is 16.4 Å². The molecule has 1 amide bonds. The Hall–Kier alpha value is -2.39. The van der Waals surface area contributed by atoms with Crippen molar-refractivity contribution in [3.63, 3.8) is 0 Å². The third kappa shape index (κ3) is 4.56. The summed E-state index contributed by atoms with van der Waals surface area (Å²) in [6.45, 7) is 0. The topological polar surface area (TPSA) is 90.9 Å². The highest BCUT2D eigenvalue weighted by molar-refractivity contribution is 6.36. The molecule has 0 bridgehead atoms. The third-order valence-corrected chi connectivity index (χ3v) is 3.82. The molecule has 0 aliphatic heterocycles.